The van der Waals surface area contributed by atoms with Crippen LogP contribution in [-0.2, 0) is 9.59 Å². The van der Waals surface area contributed by atoms with Crippen LogP contribution in [0.25, 0.3) is 0 Å². The monoisotopic (exact) mass is 377 g/mol. The smallest absolute Gasteiger partial charge is 0.239 e. The number of nitrogens with zero attached hydrogens (tertiary/aromatic N) is 2. The van der Waals surface area contributed by atoms with E-state index in [9.17, 15) is 9.59 Å². The van der Waals surface area contributed by atoms with Crippen molar-refractivity contribution in [1.29, 1.82) is 0 Å². The van der Waals surface area contributed by atoms with Gasteiger partial charge in [-0.25, -0.2) is 0 Å². The number of amides is 2. The first-order chi connectivity index (χ1) is 11.1. The third kappa shape index (κ3) is 6.45. The minimum Gasteiger partial charge on any atom is -0.339 e. The van der Waals surface area contributed by atoms with Crippen molar-refractivity contribution >= 4 is 36.0 Å². The Morgan fingerprint density at radius 1 is 1.12 bits per heavy atom. The van der Waals surface area contributed by atoms with Crippen molar-refractivity contribution in [1.82, 2.24) is 9.80 Å². The van der Waals surface area contributed by atoms with Crippen LogP contribution in [0.2, 0.25) is 0 Å². The number of hydrogen-bond donors (Lipinski definition) is 1. The molecule has 7 heteroatoms. The molecule has 0 unspecified atom stereocenters. The van der Waals surface area contributed by atoms with Crippen molar-refractivity contribution in [3.05, 3.63) is 0 Å². The van der Waals surface area contributed by atoms with Crippen LogP contribution in [0.5, 0.6) is 0 Å². The molecule has 140 valence electrons. The fourth-order valence-electron chi connectivity index (χ4n) is 3.56. The Morgan fingerprint density at radius 2 is 1.71 bits per heavy atom. The quantitative estimate of drug-likeness (QED) is 0.738. The Kier molecular flexibility index (Phi) is 10.1. The fourth-order valence-corrected chi connectivity index (χ4v) is 4.05. The third-order valence-electron chi connectivity index (χ3n) is 5.14. The molecule has 1 heterocycles. The summed E-state index contributed by atoms with van der Waals surface area (Å²) in [5.74, 6) is 1.97. The average molecular weight is 378 g/mol. The van der Waals surface area contributed by atoms with Gasteiger partial charge in [0.2, 0.25) is 11.8 Å². The maximum Gasteiger partial charge on any atom is 0.239 e. The molecule has 24 heavy (non-hydrogen) atoms. The molecule has 5 nitrogen and oxygen atoms in total. The summed E-state index contributed by atoms with van der Waals surface area (Å²) in [5, 5.41) is 0. The topological polar surface area (TPSA) is 66.6 Å². The Bertz CT molecular complexity index is 397. The van der Waals surface area contributed by atoms with Crippen molar-refractivity contribution in [3.8, 4) is 0 Å². The summed E-state index contributed by atoms with van der Waals surface area (Å²) in [6.45, 7) is 2.57. The Labute approximate surface area is 156 Å². The zero-order valence-electron chi connectivity index (χ0n) is 14.7. The summed E-state index contributed by atoms with van der Waals surface area (Å²) < 4.78 is 0. The molecular formula is C17H32ClN3O2S. The van der Waals surface area contributed by atoms with Crippen LogP contribution in [0, 0.1) is 5.92 Å². The summed E-state index contributed by atoms with van der Waals surface area (Å²) in [6, 6.07) is -0.396. The lowest BCUT2D eigenvalue weighted by Crippen LogP contribution is -2.54. The summed E-state index contributed by atoms with van der Waals surface area (Å²) >= 11 is 1.71. The van der Waals surface area contributed by atoms with E-state index in [0.29, 0.717) is 32.6 Å². The van der Waals surface area contributed by atoms with Crippen LogP contribution in [-0.4, -0.2) is 65.8 Å². The predicted molar refractivity (Wildman–Crippen MR) is 103 cm³/mol. The molecule has 0 bridgehead atoms. The maximum atomic E-state index is 12.3. The fraction of sp³-hybridized carbons (Fsp3) is 0.882. The van der Waals surface area contributed by atoms with Gasteiger partial charge in [0, 0.05) is 32.6 Å². The molecule has 0 aromatic rings. The van der Waals surface area contributed by atoms with Crippen LogP contribution in [0.1, 0.15) is 44.9 Å². The number of nitrogens with two attached hydrogens (primary N) is 1. The minimum atomic E-state index is -0.396. The highest BCUT2D eigenvalue weighted by Gasteiger charge is 2.27. The summed E-state index contributed by atoms with van der Waals surface area (Å²) in [7, 11) is 0. The van der Waals surface area contributed by atoms with Crippen molar-refractivity contribution in [2.24, 2.45) is 11.7 Å². The molecule has 0 aromatic carbocycles. The first kappa shape index (κ1) is 21.6. The second kappa shape index (κ2) is 11.2. The number of rotatable bonds is 7. The second-order valence-corrected chi connectivity index (χ2v) is 7.77. The van der Waals surface area contributed by atoms with E-state index in [1.165, 1.54) is 25.7 Å². The van der Waals surface area contributed by atoms with E-state index in [4.69, 9.17) is 5.73 Å². The molecule has 1 atom stereocenters. The van der Waals surface area contributed by atoms with Crippen LogP contribution >= 0.6 is 24.2 Å². The largest absolute Gasteiger partial charge is 0.339 e. The van der Waals surface area contributed by atoms with Gasteiger partial charge in [0.1, 0.15) is 0 Å². The molecule has 2 fully saturated rings. The molecule has 0 radical (unpaired) electrons. The molecule has 0 aromatic heterocycles. The number of hydrogen-bond acceptors (Lipinski definition) is 4. The number of piperazine rings is 1. The third-order valence-corrected chi connectivity index (χ3v) is 5.78. The van der Waals surface area contributed by atoms with Gasteiger partial charge in [-0.15, -0.1) is 12.4 Å². The lowest BCUT2D eigenvalue weighted by molar-refractivity contribution is -0.140. The minimum absolute atomic E-state index is 0. The van der Waals surface area contributed by atoms with Gasteiger partial charge >= 0.3 is 0 Å². The van der Waals surface area contributed by atoms with Gasteiger partial charge in [-0.2, -0.15) is 11.8 Å². The van der Waals surface area contributed by atoms with E-state index >= 15 is 0 Å². The van der Waals surface area contributed by atoms with E-state index in [0.717, 1.165) is 24.5 Å². The molecule has 2 N–H and O–H groups in total. The van der Waals surface area contributed by atoms with Crippen LogP contribution < -0.4 is 5.73 Å². The van der Waals surface area contributed by atoms with Crippen molar-refractivity contribution in [2.75, 3.05) is 38.2 Å². The van der Waals surface area contributed by atoms with Gasteiger partial charge in [-0.3, -0.25) is 9.59 Å². The van der Waals surface area contributed by atoms with Gasteiger partial charge in [-0.1, -0.05) is 25.7 Å². The normalized spacial score (nSPS) is 19.9. The number of carbonyl (C=O) groups excluding carboxylic acids is 2. The highest BCUT2D eigenvalue weighted by Crippen LogP contribution is 2.28. The molecule has 2 aliphatic rings. The molecule has 0 spiro atoms. The SMILES string of the molecule is CSCC[C@H](N)C(=O)N1CCN(C(=O)CCC2CCCC2)CC1.Cl. The van der Waals surface area contributed by atoms with Gasteiger partial charge in [0.15, 0.2) is 0 Å². The standard InChI is InChI=1S/C17H31N3O2S.ClH/c1-23-13-8-15(18)17(22)20-11-9-19(10-12-20)16(21)7-6-14-4-2-3-5-14;/h14-15H,2-13,18H2,1H3;1H/t15-;/m0./s1. The summed E-state index contributed by atoms with van der Waals surface area (Å²) in [4.78, 5) is 28.3. The molecule has 2 rings (SSSR count). The summed E-state index contributed by atoms with van der Waals surface area (Å²) in [5.41, 5.74) is 5.96. The average Bonchev–Trinajstić information content (AvgIpc) is 3.10. The van der Waals surface area contributed by atoms with Gasteiger partial charge in [0.25, 0.3) is 0 Å². The van der Waals surface area contributed by atoms with E-state index in [1.807, 2.05) is 16.1 Å². The van der Waals surface area contributed by atoms with Gasteiger partial charge in [0.05, 0.1) is 6.04 Å². The van der Waals surface area contributed by atoms with Crippen molar-refractivity contribution in [3.63, 3.8) is 0 Å². The van der Waals surface area contributed by atoms with Crippen LogP contribution in [0.4, 0.5) is 0 Å². The Hall–Kier alpha value is -0.460. The maximum absolute atomic E-state index is 12.3. The number of thioether (sulfide) groups is 1. The van der Waals surface area contributed by atoms with Crippen molar-refractivity contribution in [2.45, 2.75) is 51.0 Å². The predicted octanol–water partition coefficient (Wildman–Crippen LogP) is 2.13. The molecule has 1 aliphatic carbocycles. The lowest BCUT2D eigenvalue weighted by Gasteiger charge is -2.36. The first-order valence-electron chi connectivity index (χ1n) is 8.93. The van der Waals surface area contributed by atoms with E-state index in [-0.39, 0.29) is 24.2 Å². The molecule has 2 amide bonds. The van der Waals surface area contributed by atoms with E-state index in [2.05, 4.69) is 0 Å². The highest BCUT2D eigenvalue weighted by atomic mass is 35.5. The number of carbonyl (C=O) groups is 2. The van der Waals surface area contributed by atoms with Gasteiger partial charge in [-0.05, 0) is 30.8 Å². The molecule has 1 aliphatic heterocycles. The first-order valence-corrected chi connectivity index (χ1v) is 10.3. The zero-order chi connectivity index (χ0) is 16.7. The van der Waals surface area contributed by atoms with E-state index in [1.54, 1.807) is 11.8 Å². The van der Waals surface area contributed by atoms with Crippen LogP contribution in [0.3, 0.4) is 0 Å². The Morgan fingerprint density at radius 3 is 2.29 bits per heavy atom. The lowest BCUT2D eigenvalue weighted by atomic mass is 10.0. The molecular weight excluding hydrogens is 346 g/mol. The zero-order valence-corrected chi connectivity index (χ0v) is 16.4. The van der Waals surface area contributed by atoms with E-state index < -0.39 is 6.04 Å². The molecule has 1 saturated heterocycles. The number of halogens is 1. The summed E-state index contributed by atoms with van der Waals surface area (Å²) in [6.07, 6.45) is 9.71. The molecule has 1 saturated carbocycles. The van der Waals surface area contributed by atoms with Crippen LogP contribution in [0.15, 0.2) is 0 Å². The van der Waals surface area contributed by atoms with Gasteiger partial charge < -0.3 is 15.5 Å². The second-order valence-electron chi connectivity index (χ2n) is 6.78. The highest BCUT2D eigenvalue weighted by molar-refractivity contribution is 7.98. The Balaban J connectivity index is 0.00000288. The van der Waals surface area contributed by atoms with Crippen molar-refractivity contribution < 1.29 is 9.59 Å².